The van der Waals surface area contributed by atoms with E-state index >= 15 is 0 Å². The van der Waals surface area contributed by atoms with Gasteiger partial charge in [0.2, 0.25) is 0 Å². The van der Waals surface area contributed by atoms with Crippen LogP contribution in [0.25, 0.3) is 0 Å². The number of hydrogen-bond acceptors (Lipinski definition) is 3. The zero-order valence-corrected chi connectivity index (χ0v) is 7.66. The normalized spacial score (nSPS) is 47.0. The fourth-order valence-corrected chi connectivity index (χ4v) is 2.28. The van der Waals surface area contributed by atoms with Crippen LogP contribution in [0.5, 0.6) is 0 Å². The Kier molecular flexibility index (Phi) is 2.10. The molecule has 2 heterocycles. The first-order valence-corrected chi connectivity index (χ1v) is 4.73. The molecule has 0 aromatic rings. The SMILES string of the molecule is CC(C)C1CNC2C(O)COC12. The number of rotatable bonds is 1. The zero-order chi connectivity index (χ0) is 8.72. The monoisotopic (exact) mass is 171 g/mol. The van der Waals surface area contributed by atoms with Crippen molar-refractivity contribution >= 4 is 0 Å². The molecule has 70 valence electrons. The topological polar surface area (TPSA) is 41.5 Å². The van der Waals surface area contributed by atoms with Crippen LogP contribution in [0, 0.1) is 11.8 Å². The van der Waals surface area contributed by atoms with E-state index in [1.807, 2.05) is 0 Å². The number of hydrogen-bond donors (Lipinski definition) is 2. The molecule has 2 N–H and O–H groups in total. The van der Waals surface area contributed by atoms with Gasteiger partial charge in [-0.1, -0.05) is 13.8 Å². The van der Waals surface area contributed by atoms with Crippen molar-refractivity contribution in [1.29, 1.82) is 0 Å². The summed E-state index contributed by atoms with van der Waals surface area (Å²) in [6, 6.07) is 0.192. The van der Waals surface area contributed by atoms with Crippen molar-refractivity contribution in [2.45, 2.75) is 32.1 Å². The molecule has 12 heavy (non-hydrogen) atoms. The molecule has 0 radical (unpaired) electrons. The predicted octanol–water partition coefficient (Wildman–Crippen LogP) is -0.00990. The second-order valence-electron chi connectivity index (χ2n) is 4.21. The average molecular weight is 171 g/mol. The van der Waals surface area contributed by atoms with E-state index in [-0.39, 0.29) is 18.2 Å². The minimum absolute atomic E-state index is 0.192. The van der Waals surface area contributed by atoms with Gasteiger partial charge in [0, 0.05) is 12.5 Å². The van der Waals surface area contributed by atoms with Crippen molar-refractivity contribution < 1.29 is 9.84 Å². The summed E-state index contributed by atoms with van der Waals surface area (Å²) in [5.41, 5.74) is 0. The molecular weight excluding hydrogens is 154 g/mol. The third-order valence-electron chi connectivity index (χ3n) is 3.10. The van der Waals surface area contributed by atoms with Gasteiger partial charge in [-0.25, -0.2) is 0 Å². The molecule has 2 rings (SSSR count). The molecule has 0 spiro atoms. The van der Waals surface area contributed by atoms with Crippen LogP contribution in [0.15, 0.2) is 0 Å². The average Bonchev–Trinajstić information content (AvgIpc) is 2.53. The third-order valence-corrected chi connectivity index (χ3v) is 3.10. The molecule has 3 nitrogen and oxygen atoms in total. The van der Waals surface area contributed by atoms with Gasteiger partial charge >= 0.3 is 0 Å². The van der Waals surface area contributed by atoms with Crippen molar-refractivity contribution in [1.82, 2.24) is 5.32 Å². The molecule has 0 amide bonds. The summed E-state index contributed by atoms with van der Waals surface area (Å²) in [7, 11) is 0. The highest BCUT2D eigenvalue weighted by Crippen LogP contribution is 2.31. The van der Waals surface area contributed by atoms with E-state index in [1.54, 1.807) is 0 Å². The van der Waals surface area contributed by atoms with Gasteiger partial charge in [0.1, 0.15) is 0 Å². The Morgan fingerprint density at radius 2 is 2.25 bits per heavy atom. The second-order valence-corrected chi connectivity index (χ2v) is 4.21. The summed E-state index contributed by atoms with van der Waals surface area (Å²) < 4.78 is 5.55. The lowest BCUT2D eigenvalue weighted by Gasteiger charge is -2.19. The lowest BCUT2D eigenvalue weighted by molar-refractivity contribution is 0.0504. The molecule has 2 aliphatic rings. The number of nitrogens with one attached hydrogen (secondary N) is 1. The van der Waals surface area contributed by atoms with E-state index in [4.69, 9.17) is 4.74 Å². The standard InChI is InChI=1S/C9H17NO2/c1-5(2)6-3-10-8-7(11)4-12-9(6)8/h5-11H,3-4H2,1-2H3. The van der Waals surface area contributed by atoms with Gasteiger partial charge in [-0.05, 0) is 5.92 Å². The molecule has 2 saturated heterocycles. The molecule has 0 aromatic carbocycles. The van der Waals surface area contributed by atoms with Crippen LogP contribution in [0.1, 0.15) is 13.8 Å². The van der Waals surface area contributed by atoms with Crippen molar-refractivity contribution in [2.24, 2.45) is 11.8 Å². The Labute approximate surface area is 73.1 Å². The van der Waals surface area contributed by atoms with E-state index in [0.717, 1.165) is 6.54 Å². The van der Waals surface area contributed by atoms with Crippen LogP contribution in [-0.2, 0) is 4.74 Å². The smallest absolute Gasteiger partial charge is 0.0951 e. The van der Waals surface area contributed by atoms with E-state index in [1.165, 1.54) is 0 Å². The maximum Gasteiger partial charge on any atom is 0.0951 e. The highest BCUT2D eigenvalue weighted by atomic mass is 16.5. The van der Waals surface area contributed by atoms with Crippen LogP contribution in [0.2, 0.25) is 0 Å². The van der Waals surface area contributed by atoms with Gasteiger partial charge in [-0.2, -0.15) is 0 Å². The Bertz CT molecular complexity index is 172. The Balaban J connectivity index is 2.05. The first kappa shape index (κ1) is 8.48. The summed E-state index contributed by atoms with van der Waals surface area (Å²) in [6.45, 7) is 5.92. The van der Waals surface area contributed by atoms with E-state index in [2.05, 4.69) is 19.2 Å². The van der Waals surface area contributed by atoms with Crippen LogP contribution in [0.3, 0.4) is 0 Å². The largest absolute Gasteiger partial charge is 0.389 e. The summed E-state index contributed by atoms with van der Waals surface area (Å²) in [4.78, 5) is 0. The first-order chi connectivity index (χ1) is 5.70. The quantitative estimate of drug-likeness (QED) is 0.583. The minimum atomic E-state index is -0.293. The Morgan fingerprint density at radius 3 is 2.92 bits per heavy atom. The van der Waals surface area contributed by atoms with Crippen molar-refractivity contribution in [2.75, 3.05) is 13.2 Å². The fourth-order valence-electron chi connectivity index (χ4n) is 2.28. The molecule has 2 fully saturated rings. The molecule has 2 aliphatic heterocycles. The molecule has 0 saturated carbocycles. The van der Waals surface area contributed by atoms with E-state index < -0.39 is 0 Å². The predicted molar refractivity (Wildman–Crippen MR) is 45.9 cm³/mol. The summed E-state index contributed by atoms with van der Waals surface area (Å²) in [6.07, 6.45) is -0.0428. The molecular formula is C9H17NO2. The summed E-state index contributed by atoms with van der Waals surface area (Å²) in [5, 5.41) is 12.8. The van der Waals surface area contributed by atoms with E-state index in [9.17, 15) is 5.11 Å². The van der Waals surface area contributed by atoms with Gasteiger partial charge in [0.15, 0.2) is 0 Å². The fraction of sp³-hybridized carbons (Fsp3) is 1.00. The highest BCUT2D eigenvalue weighted by Gasteiger charge is 2.46. The number of aliphatic hydroxyl groups excluding tert-OH is 1. The highest BCUT2D eigenvalue weighted by molar-refractivity contribution is 5.00. The molecule has 3 heteroatoms. The minimum Gasteiger partial charge on any atom is -0.389 e. The Hall–Kier alpha value is -0.120. The zero-order valence-electron chi connectivity index (χ0n) is 7.66. The number of fused-ring (bicyclic) bond motifs is 1. The number of ether oxygens (including phenoxy) is 1. The van der Waals surface area contributed by atoms with Crippen molar-refractivity contribution in [3.8, 4) is 0 Å². The molecule has 0 aliphatic carbocycles. The summed E-state index contributed by atoms with van der Waals surface area (Å²) >= 11 is 0. The van der Waals surface area contributed by atoms with Crippen molar-refractivity contribution in [3.05, 3.63) is 0 Å². The van der Waals surface area contributed by atoms with E-state index in [0.29, 0.717) is 18.4 Å². The third kappa shape index (κ3) is 1.16. The van der Waals surface area contributed by atoms with Crippen LogP contribution in [0.4, 0.5) is 0 Å². The molecule has 4 atom stereocenters. The maximum absolute atomic E-state index is 9.51. The van der Waals surface area contributed by atoms with Crippen LogP contribution < -0.4 is 5.32 Å². The first-order valence-electron chi connectivity index (χ1n) is 4.73. The van der Waals surface area contributed by atoms with Gasteiger partial charge in [0.25, 0.3) is 0 Å². The molecule has 0 bridgehead atoms. The maximum atomic E-state index is 9.51. The molecule has 4 unspecified atom stereocenters. The Morgan fingerprint density at radius 1 is 1.50 bits per heavy atom. The van der Waals surface area contributed by atoms with Crippen molar-refractivity contribution in [3.63, 3.8) is 0 Å². The number of aliphatic hydroxyl groups is 1. The van der Waals surface area contributed by atoms with Gasteiger partial charge in [-0.3, -0.25) is 0 Å². The summed E-state index contributed by atoms with van der Waals surface area (Å²) in [5.74, 6) is 1.21. The lowest BCUT2D eigenvalue weighted by atomic mass is 9.90. The van der Waals surface area contributed by atoms with Crippen LogP contribution >= 0.6 is 0 Å². The van der Waals surface area contributed by atoms with Gasteiger partial charge in [0.05, 0.1) is 24.9 Å². The molecule has 0 aromatic heterocycles. The van der Waals surface area contributed by atoms with Crippen LogP contribution in [-0.4, -0.2) is 36.5 Å². The lowest BCUT2D eigenvalue weighted by Crippen LogP contribution is -2.36. The van der Waals surface area contributed by atoms with Gasteiger partial charge in [-0.15, -0.1) is 0 Å². The second kappa shape index (κ2) is 2.98. The van der Waals surface area contributed by atoms with Gasteiger partial charge < -0.3 is 15.2 Å².